The summed E-state index contributed by atoms with van der Waals surface area (Å²) in [5.41, 5.74) is 0.431. The van der Waals surface area contributed by atoms with Crippen LogP contribution in [0, 0.1) is 0 Å². The lowest BCUT2D eigenvalue weighted by Crippen LogP contribution is -2.22. The van der Waals surface area contributed by atoms with Crippen molar-refractivity contribution in [1.29, 1.82) is 0 Å². The SMILES string of the molecule is O=C(OC[C@@H]1CCCO1)c1ccccc1C(=O)OC[C@@H]1CCCO1. The van der Waals surface area contributed by atoms with Gasteiger partial charge in [0.2, 0.25) is 0 Å². The Bertz CT molecular complexity index is 522. The minimum absolute atomic E-state index is 0.0485. The molecular formula is C18H22O6. The van der Waals surface area contributed by atoms with Crippen molar-refractivity contribution in [3.63, 3.8) is 0 Å². The van der Waals surface area contributed by atoms with Gasteiger partial charge in [0.1, 0.15) is 13.2 Å². The van der Waals surface area contributed by atoms with Crippen molar-refractivity contribution in [2.75, 3.05) is 26.4 Å². The van der Waals surface area contributed by atoms with Gasteiger partial charge in [0, 0.05) is 13.2 Å². The molecule has 2 aliphatic heterocycles. The highest BCUT2D eigenvalue weighted by Crippen LogP contribution is 2.17. The molecule has 2 fully saturated rings. The molecule has 2 saturated heterocycles. The molecule has 0 aliphatic carbocycles. The van der Waals surface area contributed by atoms with Crippen LogP contribution < -0.4 is 0 Å². The standard InChI is InChI=1S/C18H22O6/c19-17(23-11-13-5-3-9-21-13)15-7-1-2-8-16(15)18(20)24-12-14-6-4-10-22-14/h1-2,7-8,13-14H,3-6,9-12H2/t13-,14-/m0/s1. The van der Waals surface area contributed by atoms with Gasteiger partial charge in [-0.1, -0.05) is 12.1 Å². The maximum atomic E-state index is 12.3. The summed E-state index contributed by atoms with van der Waals surface area (Å²) in [7, 11) is 0. The quantitative estimate of drug-likeness (QED) is 0.744. The second kappa shape index (κ2) is 8.26. The van der Waals surface area contributed by atoms with Crippen LogP contribution in [0.3, 0.4) is 0 Å². The summed E-state index contributed by atoms with van der Waals surface area (Å²) in [6.45, 7) is 1.82. The number of hydrogen-bond donors (Lipinski definition) is 0. The Morgan fingerprint density at radius 2 is 1.33 bits per heavy atom. The molecule has 24 heavy (non-hydrogen) atoms. The number of esters is 2. The van der Waals surface area contributed by atoms with Crippen LogP contribution in [0.5, 0.6) is 0 Å². The second-order valence-corrected chi connectivity index (χ2v) is 6.01. The minimum Gasteiger partial charge on any atom is -0.459 e. The summed E-state index contributed by atoms with van der Waals surface area (Å²) in [5.74, 6) is -1.06. The number of carbonyl (C=O) groups is 2. The number of carbonyl (C=O) groups excluding carboxylic acids is 2. The van der Waals surface area contributed by atoms with Crippen LogP contribution in [0.25, 0.3) is 0 Å². The van der Waals surface area contributed by atoms with Gasteiger partial charge in [-0.2, -0.15) is 0 Å². The van der Waals surface area contributed by atoms with Crippen LogP contribution in [0.15, 0.2) is 24.3 Å². The summed E-state index contributed by atoms with van der Waals surface area (Å²) in [6.07, 6.45) is 3.64. The summed E-state index contributed by atoms with van der Waals surface area (Å²) >= 11 is 0. The molecule has 0 amide bonds. The Morgan fingerprint density at radius 1 is 0.875 bits per heavy atom. The van der Waals surface area contributed by atoms with E-state index in [-0.39, 0.29) is 36.5 Å². The van der Waals surface area contributed by atoms with E-state index in [1.54, 1.807) is 24.3 Å². The summed E-state index contributed by atoms with van der Waals surface area (Å²) in [6, 6.07) is 6.53. The van der Waals surface area contributed by atoms with E-state index in [0.29, 0.717) is 13.2 Å². The van der Waals surface area contributed by atoms with Gasteiger partial charge in [0.15, 0.2) is 0 Å². The smallest absolute Gasteiger partial charge is 0.339 e. The third-order valence-electron chi connectivity index (χ3n) is 4.22. The maximum absolute atomic E-state index is 12.3. The van der Waals surface area contributed by atoms with E-state index in [0.717, 1.165) is 25.7 Å². The van der Waals surface area contributed by atoms with E-state index < -0.39 is 11.9 Å². The number of benzene rings is 1. The Labute approximate surface area is 141 Å². The van der Waals surface area contributed by atoms with Gasteiger partial charge in [0.05, 0.1) is 23.3 Å². The molecule has 3 rings (SSSR count). The fourth-order valence-corrected chi connectivity index (χ4v) is 2.88. The van der Waals surface area contributed by atoms with Gasteiger partial charge in [-0.05, 0) is 37.8 Å². The molecule has 0 unspecified atom stereocenters. The summed E-state index contributed by atoms with van der Waals surface area (Å²) < 4.78 is 21.4. The second-order valence-electron chi connectivity index (χ2n) is 6.01. The van der Waals surface area contributed by atoms with Gasteiger partial charge >= 0.3 is 11.9 Å². The number of hydrogen-bond acceptors (Lipinski definition) is 6. The Balaban J connectivity index is 1.58. The number of ether oxygens (including phenoxy) is 4. The Hall–Kier alpha value is -1.92. The average Bonchev–Trinajstić information content (AvgIpc) is 3.31. The van der Waals surface area contributed by atoms with Crippen LogP contribution in [0.2, 0.25) is 0 Å². The van der Waals surface area contributed by atoms with Crippen molar-refractivity contribution >= 4 is 11.9 Å². The van der Waals surface area contributed by atoms with Gasteiger partial charge in [-0.3, -0.25) is 0 Å². The first-order valence-electron chi connectivity index (χ1n) is 8.40. The van der Waals surface area contributed by atoms with Crippen LogP contribution >= 0.6 is 0 Å². The zero-order chi connectivity index (χ0) is 16.8. The molecule has 2 heterocycles. The zero-order valence-corrected chi connectivity index (χ0v) is 13.6. The highest BCUT2D eigenvalue weighted by Gasteiger charge is 2.23. The molecule has 2 aliphatic rings. The Morgan fingerprint density at radius 3 is 1.71 bits per heavy atom. The monoisotopic (exact) mass is 334 g/mol. The third-order valence-corrected chi connectivity index (χ3v) is 4.22. The highest BCUT2D eigenvalue weighted by atomic mass is 16.6. The van der Waals surface area contributed by atoms with E-state index in [4.69, 9.17) is 18.9 Å². The van der Waals surface area contributed by atoms with Crippen molar-refractivity contribution in [2.45, 2.75) is 37.9 Å². The first-order chi connectivity index (χ1) is 11.7. The molecule has 130 valence electrons. The minimum atomic E-state index is -0.532. The van der Waals surface area contributed by atoms with Crippen LogP contribution in [-0.4, -0.2) is 50.6 Å². The van der Waals surface area contributed by atoms with Gasteiger partial charge in [-0.25, -0.2) is 9.59 Å². The van der Waals surface area contributed by atoms with E-state index >= 15 is 0 Å². The molecule has 1 aromatic rings. The van der Waals surface area contributed by atoms with Gasteiger partial charge < -0.3 is 18.9 Å². The molecule has 6 heteroatoms. The van der Waals surface area contributed by atoms with E-state index in [2.05, 4.69) is 0 Å². The normalized spacial score (nSPS) is 23.2. The summed E-state index contributed by atoms with van der Waals surface area (Å²) in [5, 5.41) is 0. The fourth-order valence-electron chi connectivity index (χ4n) is 2.88. The van der Waals surface area contributed by atoms with Crippen molar-refractivity contribution in [2.24, 2.45) is 0 Å². The fraction of sp³-hybridized carbons (Fsp3) is 0.556. The largest absolute Gasteiger partial charge is 0.459 e. The molecule has 0 aromatic heterocycles. The van der Waals surface area contributed by atoms with Crippen LogP contribution in [-0.2, 0) is 18.9 Å². The predicted molar refractivity (Wildman–Crippen MR) is 85.0 cm³/mol. The first-order valence-corrected chi connectivity index (χ1v) is 8.40. The van der Waals surface area contributed by atoms with Crippen molar-refractivity contribution < 1.29 is 28.5 Å². The van der Waals surface area contributed by atoms with Gasteiger partial charge in [0.25, 0.3) is 0 Å². The van der Waals surface area contributed by atoms with Crippen molar-refractivity contribution in [3.8, 4) is 0 Å². The molecular weight excluding hydrogens is 312 g/mol. The van der Waals surface area contributed by atoms with Crippen molar-refractivity contribution in [3.05, 3.63) is 35.4 Å². The van der Waals surface area contributed by atoms with Crippen LogP contribution in [0.1, 0.15) is 46.4 Å². The van der Waals surface area contributed by atoms with E-state index in [1.807, 2.05) is 0 Å². The highest BCUT2D eigenvalue weighted by molar-refractivity contribution is 6.03. The number of rotatable bonds is 6. The third kappa shape index (κ3) is 4.33. The first kappa shape index (κ1) is 16.9. The molecule has 0 saturated carbocycles. The zero-order valence-electron chi connectivity index (χ0n) is 13.6. The van der Waals surface area contributed by atoms with Gasteiger partial charge in [-0.15, -0.1) is 0 Å². The molecule has 0 N–H and O–H groups in total. The van der Waals surface area contributed by atoms with E-state index in [9.17, 15) is 9.59 Å². The molecule has 0 spiro atoms. The predicted octanol–water partition coefficient (Wildman–Crippen LogP) is 2.36. The average molecular weight is 334 g/mol. The van der Waals surface area contributed by atoms with Crippen molar-refractivity contribution in [1.82, 2.24) is 0 Å². The lowest BCUT2D eigenvalue weighted by Gasteiger charge is -2.13. The molecule has 2 atom stereocenters. The lowest BCUT2D eigenvalue weighted by atomic mass is 10.1. The molecule has 0 radical (unpaired) electrons. The molecule has 0 bridgehead atoms. The lowest BCUT2D eigenvalue weighted by molar-refractivity contribution is 0.0130. The van der Waals surface area contributed by atoms with E-state index in [1.165, 1.54) is 0 Å². The Kier molecular flexibility index (Phi) is 5.82. The van der Waals surface area contributed by atoms with Crippen LogP contribution in [0.4, 0.5) is 0 Å². The topological polar surface area (TPSA) is 71.1 Å². The summed E-state index contributed by atoms with van der Waals surface area (Å²) in [4.78, 5) is 24.6. The molecule has 6 nitrogen and oxygen atoms in total. The maximum Gasteiger partial charge on any atom is 0.339 e. The molecule has 1 aromatic carbocycles.